The number of hydrogen-bond donors (Lipinski definition) is 1. The molecule has 1 N–H and O–H groups in total. The first kappa shape index (κ1) is 14.3. The number of fused-ring (bicyclic) bond motifs is 1. The van der Waals surface area contributed by atoms with Crippen molar-refractivity contribution in [1.29, 1.82) is 0 Å². The van der Waals surface area contributed by atoms with Crippen LogP contribution in [-0.2, 0) is 4.74 Å². The summed E-state index contributed by atoms with van der Waals surface area (Å²) >= 11 is 0. The van der Waals surface area contributed by atoms with Gasteiger partial charge in [0, 0.05) is 18.6 Å². The fourth-order valence-electron chi connectivity index (χ4n) is 3.35. The maximum absolute atomic E-state index is 6.10. The summed E-state index contributed by atoms with van der Waals surface area (Å²) in [6, 6.07) is 1.25. The summed E-state index contributed by atoms with van der Waals surface area (Å²) in [7, 11) is 2.08. The average molecular weight is 254 g/mol. The Labute approximate surface area is 112 Å². The lowest BCUT2D eigenvalue weighted by Crippen LogP contribution is -2.53. The third kappa shape index (κ3) is 3.69. The van der Waals surface area contributed by atoms with Crippen molar-refractivity contribution in [1.82, 2.24) is 10.2 Å². The molecule has 0 bridgehead atoms. The zero-order valence-electron chi connectivity index (χ0n) is 12.3. The quantitative estimate of drug-likeness (QED) is 0.787. The molecule has 18 heavy (non-hydrogen) atoms. The van der Waals surface area contributed by atoms with Gasteiger partial charge in [-0.1, -0.05) is 26.7 Å². The van der Waals surface area contributed by atoms with Gasteiger partial charge in [-0.2, -0.15) is 0 Å². The SMILES string of the molecule is CNC(CCCC(C)C)C1CN2CCCC2CO1. The molecule has 0 spiro atoms. The minimum Gasteiger partial charge on any atom is -0.374 e. The van der Waals surface area contributed by atoms with Gasteiger partial charge in [-0.05, 0) is 38.8 Å². The molecule has 2 fully saturated rings. The van der Waals surface area contributed by atoms with Crippen molar-refractivity contribution in [3.63, 3.8) is 0 Å². The average Bonchev–Trinajstić information content (AvgIpc) is 2.81. The standard InChI is InChI=1S/C15H30N2O/c1-12(2)6-4-8-14(16-3)15-10-17-9-5-7-13(17)11-18-15/h12-16H,4-11H2,1-3H3. The Hall–Kier alpha value is -0.120. The molecule has 0 radical (unpaired) electrons. The first-order valence-electron chi connectivity index (χ1n) is 7.73. The first-order valence-corrected chi connectivity index (χ1v) is 7.73. The van der Waals surface area contributed by atoms with Crippen LogP contribution in [0.4, 0.5) is 0 Å². The van der Waals surface area contributed by atoms with Crippen LogP contribution in [0.15, 0.2) is 0 Å². The topological polar surface area (TPSA) is 24.5 Å². The number of nitrogens with zero attached hydrogens (tertiary/aromatic N) is 1. The molecule has 2 heterocycles. The Morgan fingerprint density at radius 1 is 1.33 bits per heavy atom. The normalized spacial score (nSPS) is 30.7. The zero-order chi connectivity index (χ0) is 13.0. The lowest BCUT2D eigenvalue weighted by atomic mass is 9.98. The molecule has 2 aliphatic rings. The fraction of sp³-hybridized carbons (Fsp3) is 1.00. The van der Waals surface area contributed by atoms with Gasteiger partial charge in [0.15, 0.2) is 0 Å². The number of morpholine rings is 1. The number of likely N-dealkylation sites (N-methyl/N-ethyl adjacent to an activating group) is 1. The Morgan fingerprint density at radius 2 is 2.17 bits per heavy atom. The highest BCUT2D eigenvalue weighted by molar-refractivity contribution is 4.89. The van der Waals surface area contributed by atoms with Gasteiger partial charge in [0.05, 0.1) is 12.7 Å². The van der Waals surface area contributed by atoms with Crippen LogP contribution in [0.5, 0.6) is 0 Å². The van der Waals surface area contributed by atoms with E-state index in [1.807, 2.05) is 0 Å². The van der Waals surface area contributed by atoms with Crippen LogP contribution in [0.2, 0.25) is 0 Å². The molecule has 0 aliphatic carbocycles. The lowest BCUT2D eigenvalue weighted by Gasteiger charge is -2.39. The Balaban J connectivity index is 1.77. The molecule has 106 valence electrons. The maximum Gasteiger partial charge on any atom is 0.0855 e. The second-order valence-electron chi connectivity index (χ2n) is 6.38. The van der Waals surface area contributed by atoms with Crippen LogP contribution >= 0.6 is 0 Å². The van der Waals surface area contributed by atoms with Crippen LogP contribution in [0.1, 0.15) is 46.0 Å². The smallest absolute Gasteiger partial charge is 0.0855 e. The monoisotopic (exact) mass is 254 g/mol. The molecule has 3 atom stereocenters. The van der Waals surface area contributed by atoms with E-state index in [1.165, 1.54) is 38.6 Å². The van der Waals surface area contributed by atoms with Crippen molar-refractivity contribution in [3.05, 3.63) is 0 Å². The summed E-state index contributed by atoms with van der Waals surface area (Å²) in [5, 5.41) is 3.47. The highest BCUT2D eigenvalue weighted by atomic mass is 16.5. The van der Waals surface area contributed by atoms with Crippen LogP contribution in [0.3, 0.4) is 0 Å². The molecule has 3 heteroatoms. The molecule has 0 amide bonds. The van der Waals surface area contributed by atoms with E-state index in [0.717, 1.165) is 25.1 Å². The number of nitrogens with one attached hydrogen (secondary N) is 1. The van der Waals surface area contributed by atoms with E-state index in [4.69, 9.17) is 4.74 Å². The van der Waals surface area contributed by atoms with E-state index < -0.39 is 0 Å². The van der Waals surface area contributed by atoms with Crippen molar-refractivity contribution >= 4 is 0 Å². The van der Waals surface area contributed by atoms with E-state index in [-0.39, 0.29) is 0 Å². The van der Waals surface area contributed by atoms with Gasteiger partial charge in [0.25, 0.3) is 0 Å². The largest absolute Gasteiger partial charge is 0.374 e. The summed E-state index contributed by atoms with van der Waals surface area (Å²) in [5.74, 6) is 0.817. The van der Waals surface area contributed by atoms with Crippen molar-refractivity contribution < 1.29 is 4.74 Å². The Kier molecular flexibility index (Phi) is 5.46. The summed E-state index contributed by atoms with van der Waals surface area (Å²) in [6.45, 7) is 7.98. The summed E-state index contributed by atoms with van der Waals surface area (Å²) in [4.78, 5) is 2.64. The number of hydrogen-bond acceptors (Lipinski definition) is 3. The van der Waals surface area contributed by atoms with Gasteiger partial charge < -0.3 is 10.1 Å². The van der Waals surface area contributed by atoms with Gasteiger partial charge in [0.1, 0.15) is 0 Å². The van der Waals surface area contributed by atoms with Crippen LogP contribution in [-0.4, -0.2) is 49.8 Å². The van der Waals surface area contributed by atoms with E-state index >= 15 is 0 Å². The Morgan fingerprint density at radius 3 is 2.89 bits per heavy atom. The molecule has 0 saturated carbocycles. The minimum atomic E-state index is 0.400. The second-order valence-corrected chi connectivity index (χ2v) is 6.38. The van der Waals surface area contributed by atoms with Crippen molar-refractivity contribution in [2.24, 2.45) is 5.92 Å². The number of ether oxygens (including phenoxy) is 1. The molecular formula is C15H30N2O. The molecule has 2 saturated heterocycles. The highest BCUT2D eigenvalue weighted by Crippen LogP contribution is 2.25. The predicted molar refractivity (Wildman–Crippen MR) is 75.9 cm³/mol. The van der Waals surface area contributed by atoms with Gasteiger partial charge in [-0.15, -0.1) is 0 Å². The van der Waals surface area contributed by atoms with Gasteiger partial charge in [-0.25, -0.2) is 0 Å². The van der Waals surface area contributed by atoms with Crippen molar-refractivity contribution in [2.75, 3.05) is 26.7 Å². The highest BCUT2D eigenvalue weighted by Gasteiger charge is 2.34. The summed E-state index contributed by atoms with van der Waals surface area (Å²) < 4.78 is 6.10. The van der Waals surface area contributed by atoms with Gasteiger partial charge in [0.2, 0.25) is 0 Å². The molecule has 2 rings (SSSR count). The van der Waals surface area contributed by atoms with Crippen LogP contribution in [0.25, 0.3) is 0 Å². The third-order valence-electron chi connectivity index (χ3n) is 4.53. The second kappa shape index (κ2) is 6.88. The zero-order valence-corrected chi connectivity index (χ0v) is 12.3. The van der Waals surface area contributed by atoms with E-state index in [9.17, 15) is 0 Å². The van der Waals surface area contributed by atoms with Crippen molar-refractivity contribution in [2.45, 2.75) is 64.1 Å². The summed E-state index contributed by atoms with van der Waals surface area (Å²) in [6.07, 6.45) is 6.99. The summed E-state index contributed by atoms with van der Waals surface area (Å²) in [5.41, 5.74) is 0. The maximum atomic E-state index is 6.10. The molecule has 3 unspecified atom stereocenters. The molecule has 0 aromatic heterocycles. The van der Waals surface area contributed by atoms with E-state index in [1.54, 1.807) is 0 Å². The predicted octanol–water partition coefficient (Wildman–Crippen LogP) is 2.26. The third-order valence-corrected chi connectivity index (χ3v) is 4.53. The minimum absolute atomic E-state index is 0.400. The number of rotatable bonds is 6. The lowest BCUT2D eigenvalue weighted by molar-refractivity contribution is -0.0649. The molecule has 2 aliphatic heterocycles. The molecule has 0 aromatic rings. The van der Waals surface area contributed by atoms with E-state index in [0.29, 0.717) is 12.1 Å². The van der Waals surface area contributed by atoms with Crippen LogP contribution < -0.4 is 5.32 Å². The van der Waals surface area contributed by atoms with Gasteiger partial charge >= 0.3 is 0 Å². The van der Waals surface area contributed by atoms with Gasteiger partial charge in [-0.3, -0.25) is 4.90 Å². The first-order chi connectivity index (χ1) is 8.70. The van der Waals surface area contributed by atoms with Crippen LogP contribution in [0, 0.1) is 5.92 Å². The van der Waals surface area contributed by atoms with E-state index in [2.05, 4.69) is 31.1 Å². The molecule has 0 aromatic carbocycles. The fourth-order valence-corrected chi connectivity index (χ4v) is 3.35. The Bertz CT molecular complexity index is 245. The van der Waals surface area contributed by atoms with Crippen molar-refractivity contribution in [3.8, 4) is 0 Å². The molecular weight excluding hydrogens is 224 g/mol. The molecule has 3 nitrogen and oxygen atoms in total.